The van der Waals surface area contributed by atoms with Gasteiger partial charge >= 0.3 is 0 Å². The molecule has 0 N–H and O–H groups in total. The van der Waals surface area contributed by atoms with E-state index in [1.807, 2.05) is 0 Å². The Kier molecular flexibility index (Phi) is 10.7. The van der Waals surface area contributed by atoms with Crippen molar-refractivity contribution < 1.29 is 0 Å². The molecule has 0 aliphatic rings. The number of rotatable bonds is 13. The maximum absolute atomic E-state index is 2.46. The normalized spacial score (nSPS) is 15.3. The van der Waals surface area contributed by atoms with Gasteiger partial charge < -0.3 is 0 Å². The number of hydrogen-bond acceptors (Lipinski definition) is 0. The summed E-state index contributed by atoms with van der Waals surface area (Å²) in [6.07, 6.45) is 16.9. The second-order valence-electron chi connectivity index (χ2n) is 6.89. The molecule has 0 bridgehead atoms. The van der Waals surface area contributed by atoms with E-state index < -0.39 is 0 Å². The lowest BCUT2D eigenvalue weighted by atomic mass is 9.54. The summed E-state index contributed by atoms with van der Waals surface area (Å²) in [5, 5.41) is 0. The molecule has 0 radical (unpaired) electrons. The Morgan fingerprint density at radius 1 is 0.450 bits per heavy atom. The van der Waals surface area contributed by atoms with Crippen LogP contribution in [0.15, 0.2) is 0 Å². The first-order valence-corrected chi connectivity index (χ1v) is 9.61. The summed E-state index contributed by atoms with van der Waals surface area (Å²) in [6, 6.07) is 0. The number of unbranched alkanes of at least 4 members (excludes halogenated alkanes) is 4. The van der Waals surface area contributed by atoms with E-state index in [1.165, 1.54) is 77.0 Å². The molecule has 122 valence electrons. The Morgan fingerprint density at radius 3 is 1.30 bits per heavy atom. The fourth-order valence-corrected chi connectivity index (χ4v) is 4.66. The highest BCUT2D eigenvalue weighted by molar-refractivity contribution is 4.95. The molecule has 0 saturated heterocycles. The van der Waals surface area contributed by atoms with Crippen molar-refractivity contribution in [2.45, 2.75) is 119 Å². The van der Waals surface area contributed by atoms with Crippen LogP contribution in [-0.4, -0.2) is 0 Å². The quantitative estimate of drug-likeness (QED) is 0.303. The molecule has 20 heavy (non-hydrogen) atoms. The smallest absolute Gasteiger partial charge is 0.0244 e. The van der Waals surface area contributed by atoms with Gasteiger partial charge in [0.25, 0.3) is 0 Å². The monoisotopic (exact) mass is 282 g/mol. The van der Waals surface area contributed by atoms with Crippen LogP contribution in [0.5, 0.6) is 0 Å². The van der Waals surface area contributed by atoms with Crippen LogP contribution in [0, 0.1) is 10.8 Å². The Hall–Kier alpha value is 0. The molecule has 0 aliphatic heterocycles. The van der Waals surface area contributed by atoms with Crippen molar-refractivity contribution in [1.29, 1.82) is 0 Å². The van der Waals surface area contributed by atoms with Crippen LogP contribution < -0.4 is 0 Å². The lowest BCUT2D eigenvalue weighted by Gasteiger charge is -2.51. The first-order chi connectivity index (χ1) is 9.61. The molecular weight excluding hydrogens is 240 g/mol. The molecule has 0 nitrogen and oxygen atoms in total. The van der Waals surface area contributed by atoms with E-state index in [-0.39, 0.29) is 0 Å². The standard InChI is InChI=1S/C20H42/c1-7-13-15-16-18-20(12-6,17-14-8-2)19(9-3,10-4)11-5/h7-18H2,1-6H3. The first kappa shape index (κ1) is 20.0. The van der Waals surface area contributed by atoms with Crippen molar-refractivity contribution in [1.82, 2.24) is 0 Å². The Labute approximate surface area is 130 Å². The summed E-state index contributed by atoms with van der Waals surface area (Å²) < 4.78 is 0. The van der Waals surface area contributed by atoms with Crippen LogP contribution in [0.4, 0.5) is 0 Å². The Morgan fingerprint density at radius 2 is 0.900 bits per heavy atom. The van der Waals surface area contributed by atoms with Crippen molar-refractivity contribution >= 4 is 0 Å². The van der Waals surface area contributed by atoms with E-state index >= 15 is 0 Å². The topological polar surface area (TPSA) is 0 Å². The fourth-order valence-electron chi connectivity index (χ4n) is 4.66. The summed E-state index contributed by atoms with van der Waals surface area (Å²) in [4.78, 5) is 0. The molecule has 0 aromatic carbocycles. The molecule has 0 aliphatic carbocycles. The van der Waals surface area contributed by atoms with Crippen LogP contribution >= 0.6 is 0 Å². The van der Waals surface area contributed by atoms with Crippen molar-refractivity contribution in [3.8, 4) is 0 Å². The summed E-state index contributed by atoms with van der Waals surface area (Å²) in [5.41, 5.74) is 1.19. The SMILES string of the molecule is CCCCCCC(CC)(CCCC)C(CC)(CC)CC. The summed E-state index contributed by atoms with van der Waals surface area (Å²) in [5.74, 6) is 0. The van der Waals surface area contributed by atoms with Crippen molar-refractivity contribution in [3.05, 3.63) is 0 Å². The third-order valence-corrected chi connectivity index (χ3v) is 6.35. The maximum atomic E-state index is 2.46. The second-order valence-corrected chi connectivity index (χ2v) is 6.89. The zero-order valence-corrected chi connectivity index (χ0v) is 15.5. The van der Waals surface area contributed by atoms with Gasteiger partial charge in [-0.2, -0.15) is 0 Å². The van der Waals surface area contributed by atoms with E-state index in [4.69, 9.17) is 0 Å². The van der Waals surface area contributed by atoms with Crippen LogP contribution in [0.25, 0.3) is 0 Å². The van der Waals surface area contributed by atoms with Gasteiger partial charge in [0.05, 0.1) is 0 Å². The molecule has 0 heterocycles. The molecule has 1 atom stereocenters. The average Bonchev–Trinajstić information content (AvgIpc) is 2.50. The van der Waals surface area contributed by atoms with Crippen molar-refractivity contribution in [2.24, 2.45) is 10.8 Å². The molecule has 0 saturated carbocycles. The minimum absolute atomic E-state index is 0.586. The van der Waals surface area contributed by atoms with Crippen LogP contribution in [0.3, 0.4) is 0 Å². The maximum Gasteiger partial charge on any atom is -0.0244 e. The molecule has 0 aromatic heterocycles. The molecule has 0 rings (SSSR count). The predicted molar refractivity (Wildman–Crippen MR) is 94.3 cm³/mol. The summed E-state index contributed by atoms with van der Waals surface area (Å²) in [7, 11) is 0. The highest BCUT2D eigenvalue weighted by Crippen LogP contribution is 2.55. The van der Waals surface area contributed by atoms with Gasteiger partial charge in [-0.3, -0.25) is 0 Å². The van der Waals surface area contributed by atoms with Gasteiger partial charge in [-0.15, -0.1) is 0 Å². The van der Waals surface area contributed by atoms with Gasteiger partial charge in [0.1, 0.15) is 0 Å². The van der Waals surface area contributed by atoms with Crippen LogP contribution in [0.1, 0.15) is 119 Å². The van der Waals surface area contributed by atoms with Gasteiger partial charge in [0.15, 0.2) is 0 Å². The van der Waals surface area contributed by atoms with E-state index in [2.05, 4.69) is 41.5 Å². The molecule has 0 fully saturated rings. The van der Waals surface area contributed by atoms with Crippen molar-refractivity contribution in [3.63, 3.8) is 0 Å². The minimum atomic E-state index is 0.586. The number of hydrogen-bond donors (Lipinski definition) is 0. The van der Waals surface area contributed by atoms with E-state index in [0.717, 1.165) is 0 Å². The van der Waals surface area contributed by atoms with Gasteiger partial charge in [-0.1, -0.05) is 80.1 Å². The predicted octanol–water partition coefficient (Wildman–Crippen LogP) is 7.76. The highest BCUT2D eigenvalue weighted by Gasteiger charge is 2.45. The lowest BCUT2D eigenvalue weighted by molar-refractivity contribution is -0.00735. The highest BCUT2D eigenvalue weighted by atomic mass is 14.5. The molecule has 1 unspecified atom stereocenters. The lowest BCUT2D eigenvalue weighted by Crippen LogP contribution is -2.41. The summed E-state index contributed by atoms with van der Waals surface area (Å²) >= 11 is 0. The fraction of sp³-hybridized carbons (Fsp3) is 1.00. The Balaban J connectivity index is 5.06. The minimum Gasteiger partial charge on any atom is -0.0654 e. The molecule has 0 heteroatoms. The van der Waals surface area contributed by atoms with E-state index in [9.17, 15) is 0 Å². The Bertz CT molecular complexity index is 206. The van der Waals surface area contributed by atoms with E-state index in [0.29, 0.717) is 10.8 Å². The third-order valence-electron chi connectivity index (χ3n) is 6.35. The zero-order valence-electron chi connectivity index (χ0n) is 15.5. The molecular formula is C20H42. The molecule has 0 amide bonds. The van der Waals surface area contributed by atoms with Crippen LogP contribution in [0.2, 0.25) is 0 Å². The second kappa shape index (κ2) is 10.7. The molecule has 0 aromatic rings. The first-order valence-electron chi connectivity index (χ1n) is 9.61. The largest absolute Gasteiger partial charge is 0.0654 e. The molecule has 0 spiro atoms. The third kappa shape index (κ3) is 4.78. The van der Waals surface area contributed by atoms with E-state index in [1.54, 1.807) is 0 Å². The van der Waals surface area contributed by atoms with Crippen LogP contribution in [-0.2, 0) is 0 Å². The summed E-state index contributed by atoms with van der Waals surface area (Å²) in [6.45, 7) is 14.5. The zero-order chi connectivity index (χ0) is 15.5. The van der Waals surface area contributed by atoms with Crippen molar-refractivity contribution in [2.75, 3.05) is 0 Å². The van der Waals surface area contributed by atoms with Gasteiger partial charge in [0.2, 0.25) is 0 Å². The van der Waals surface area contributed by atoms with Gasteiger partial charge in [-0.05, 0) is 49.4 Å². The van der Waals surface area contributed by atoms with Gasteiger partial charge in [0, 0.05) is 0 Å². The van der Waals surface area contributed by atoms with Gasteiger partial charge in [-0.25, -0.2) is 0 Å². The average molecular weight is 283 g/mol.